The first kappa shape index (κ1) is 12.6. The summed E-state index contributed by atoms with van der Waals surface area (Å²) in [6.45, 7) is 1.89. The Bertz CT molecular complexity index is 576. The molecule has 86 valence electrons. The van der Waals surface area contributed by atoms with Crippen LogP contribution in [0.2, 0.25) is 10.0 Å². The molecule has 0 aliphatic rings. The van der Waals surface area contributed by atoms with Gasteiger partial charge in [0.1, 0.15) is 0 Å². The Morgan fingerprint density at radius 2 is 1.59 bits per heavy atom. The molecule has 0 saturated carbocycles. The van der Waals surface area contributed by atoms with Gasteiger partial charge in [0, 0.05) is 26.0 Å². The SMILES string of the molecule is CC(=S)c1ccc(-c2ccccc2Cl)c(Cl)c1. The molecule has 0 spiro atoms. The summed E-state index contributed by atoms with van der Waals surface area (Å²) >= 11 is 17.5. The third kappa shape index (κ3) is 2.68. The minimum atomic E-state index is 0.666. The molecule has 0 unspecified atom stereocenters. The summed E-state index contributed by atoms with van der Waals surface area (Å²) in [7, 11) is 0. The molecule has 0 atom stereocenters. The molecule has 17 heavy (non-hydrogen) atoms. The van der Waals surface area contributed by atoms with Crippen LogP contribution in [0.25, 0.3) is 11.1 Å². The molecule has 0 nitrogen and oxygen atoms in total. The van der Waals surface area contributed by atoms with E-state index >= 15 is 0 Å². The van der Waals surface area contributed by atoms with E-state index in [0.29, 0.717) is 10.0 Å². The molecular weight excluding hydrogens is 271 g/mol. The summed E-state index contributed by atoms with van der Waals surface area (Å²) in [6, 6.07) is 13.4. The second kappa shape index (κ2) is 5.18. The molecule has 2 aromatic carbocycles. The van der Waals surface area contributed by atoms with Crippen LogP contribution >= 0.6 is 35.4 Å². The Morgan fingerprint density at radius 1 is 0.941 bits per heavy atom. The lowest BCUT2D eigenvalue weighted by molar-refractivity contribution is 1.59. The third-order valence-corrected chi connectivity index (χ3v) is 3.42. The van der Waals surface area contributed by atoms with Crippen molar-refractivity contribution in [1.29, 1.82) is 0 Å². The topological polar surface area (TPSA) is 0 Å². The van der Waals surface area contributed by atoms with E-state index in [9.17, 15) is 0 Å². The van der Waals surface area contributed by atoms with E-state index in [2.05, 4.69) is 0 Å². The molecule has 0 bridgehead atoms. The summed E-state index contributed by atoms with van der Waals surface area (Å²) < 4.78 is 0. The summed E-state index contributed by atoms with van der Waals surface area (Å²) in [4.78, 5) is 0.831. The van der Waals surface area contributed by atoms with Gasteiger partial charge in [-0.05, 0) is 24.6 Å². The first-order chi connectivity index (χ1) is 8.09. The van der Waals surface area contributed by atoms with E-state index < -0.39 is 0 Å². The number of hydrogen-bond acceptors (Lipinski definition) is 1. The van der Waals surface area contributed by atoms with Gasteiger partial charge in [0.15, 0.2) is 0 Å². The van der Waals surface area contributed by atoms with Gasteiger partial charge in [-0.3, -0.25) is 0 Å². The van der Waals surface area contributed by atoms with Gasteiger partial charge in [0.05, 0.1) is 0 Å². The largest absolute Gasteiger partial charge is 0.0846 e. The molecule has 0 saturated heterocycles. The normalized spacial score (nSPS) is 10.3. The van der Waals surface area contributed by atoms with E-state index in [-0.39, 0.29) is 0 Å². The lowest BCUT2D eigenvalue weighted by atomic mass is 10.0. The Hall–Kier alpha value is -0.890. The fraction of sp³-hybridized carbons (Fsp3) is 0.0714. The van der Waals surface area contributed by atoms with Crippen LogP contribution in [-0.2, 0) is 0 Å². The molecule has 0 heterocycles. The predicted molar refractivity (Wildman–Crippen MR) is 79.3 cm³/mol. The van der Waals surface area contributed by atoms with Crippen molar-refractivity contribution in [3.63, 3.8) is 0 Å². The zero-order chi connectivity index (χ0) is 12.4. The van der Waals surface area contributed by atoms with Gasteiger partial charge in [-0.15, -0.1) is 0 Å². The van der Waals surface area contributed by atoms with Gasteiger partial charge in [0.2, 0.25) is 0 Å². The minimum absolute atomic E-state index is 0.666. The molecule has 0 amide bonds. The molecule has 0 fully saturated rings. The van der Waals surface area contributed by atoms with Crippen molar-refractivity contribution in [1.82, 2.24) is 0 Å². The van der Waals surface area contributed by atoms with Gasteiger partial charge in [-0.2, -0.15) is 0 Å². The zero-order valence-corrected chi connectivity index (χ0v) is 11.5. The molecule has 2 rings (SSSR count). The van der Waals surface area contributed by atoms with E-state index in [1.807, 2.05) is 49.4 Å². The lowest BCUT2D eigenvalue weighted by Gasteiger charge is -2.08. The molecular formula is C14H10Cl2S. The van der Waals surface area contributed by atoms with Crippen LogP contribution in [0.5, 0.6) is 0 Å². The summed E-state index contributed by atoms with van der Waals surface area (Å²) in [5.74, 6) is 0. The highest BCUT2D eigenvalue weighted by atomic mass is 35.5. The van der Waals surface area contributed by atoms with E-state index in [4.69, 9.17) is 35.4 Å². The molecule has 0 aliphatic carbocycles. The van der Waals surface area contributed by atoms with Crippen molar-refractivity contribution in [2.45, 2.75) is 6.92 Å². The fourth-order valence-electron chi connectivity index (χ4n) is 1.63. The number of halogens is 2. The minimum Gasteiger partial charge on any atom is -0.0846 e. The Labute approximate surface area is 116 Å². The van der Waals surface area contributed by atoms with Gasteiger partial charge in [-0.1, -0.05) is 65.8 Å². The van der Waals surface area contributed by atoms with Gasteiger partial charge < -0.3 is 0 Å². The molecule has 0 radical (unpaired) electrons. The zero-order valence-electron chi connectivity index (χ0n) is 9.21. The maximum atomic E-state index is 6.26. The van der Waals surface area contributed by atoms with Crippen LogP contribution in [0.4, 0.5) is 0 Å². The van der Waals surface area contributed by atoms with Crippen LogP contribution in [0.3, 0.4) is 0 Å². The van der Waals surface area contributed by atoms with Crippen molar-refractivity contribution in [2.24, 2.45) is 0 Å². The molecule has 0 N–H and O–H groups in total. The maximum Gasteiger partial charge on any atom is 0.0491 e. The monoisotopic (exact) mass is 280 g/mol. The number of rotatable bonds is 2. The Balaban J connectivity index is 2.55. The molecule has 0 aromatic heterocycles. The highest BCUT2D eigenvalue weighted by molar-refractivity contribution is 7.80. The Morgan fingerprint density at radius 3 is 2.18 bits per heavy atom. The average Bonchev–Trinajstić information content (AvgIpc) is 2.30. The molecule has 2 aromatic rings. The second-order valence-electron chi connectivity index (χ2n) is 3.73. The van der Waals surface area contributed by atoms with Crippen molar-refractivity contribution >= 4 is 40.3 Å². The van der Waals surface area contributed by atoms with Crippen LogP contribution < -0.4 is 0 Å². The van der Waals surface area contributed by atoms with Crippen molar-refractivity contribution in [3.05, 3.63) is 58.1 Å². The summed E-state index contributed by atoms with van der Waals surface area (Å²) in [5.41, 5.74) is 2.84. The summed E-state index contributed by atoms with van der Waals surface area (Å²) in [6.07, 6.45) is 0. The highest BCUT2D eigenvalue weighted by Gasteiger charge is 2.08. The average molecular weight is 281 g/mol. The van der Waals surface area contributed by atoms with Gasteiger partial charge in [0.25, 0.3) is 0 Å². The quantitative estimate of drug-likeness (QED) is 0.524. The van der Waals surface area contributed by atoms with Crippen LogP contribution in [0.15, 0.2) is 42.5 Å². The van der Waals surface area contributed by atoms with E-state index in [1.54, 1.807) is 0 Å². The van der Waals surface area contributed by atoms with Crippen molar-refractivity contribution < 1.29 is 0 Å². The number of benzene rings is 2. The standard InChI is InChI=1S/C14H10Cl2S/c1-9(17)10-6-7-12(14(16)8-10)11-4-2-3-5-13(11)15/h2-8H,1H3. The lowest BCUT2D eigenvalue weighted by Crippen LogP contribution is -1.91. The predicted octanol–water partition coefficient (Wildman–Crippen LogP) is 5.40. The van der Waals surface area contributed by atoms with Crippen LogP contribution in [0, 0.1) is 0 Å². The smallest absolute Gasteiger partial charge is 0.0491 e. The summed E-state index contributed by atoms with van der Waals surface area (Å²) in [5, 5.41) is 1.36. The van der Waals surface area contributed by atoms with Crippen molar-refractivity contribution in [2.75, 3.05) is 0 Å². The Kier molecular flexibility index (Phi) is 3.82. The van der Waals surface area contributed by atoms with Crippen LogP contribution in [-0.4, -0.2) is 4.86 Å². The van der Waals surface area contributed by atoms with E-state index in [1.165, 1.54) is 0 Å². The fourth-order valence-corrected chi connectivity index (χ4v) is 2.28. The number of hydrogen-bond donors (Lipinski definition) is 0. The van der Waals surface area contributed by atoms with Crippen molar-refractivity contribution in [3.8, 4) is 11.1 Å². The highest BCUT2D eigenvalue weighted by Crippen LogP contribution is 2.33. The molecule has 3 heteroatoms. The maximum absolute atomic E-state index is 6.26. The third-order valence-electron chi connectivity index (χ3n) is 2.54. The second-order valence-corrected chi connectivity index (χ2v) is 5.16. The first-order valence-electron chi connectivity index (χ1n) is 5.15. The van der Waals surface area contributed by atoms with Gasteiger partial charge >= 0.3 is 0 Å². The van der Waals surface area contributed by atoms with E-state index in [0.717, 1.165) is 21.6 Å². The first-order valence-corrected chi connectivity index (χ1v) is 6.31. The van der Waals surface area contributed by atoms with Crippen LogP contribution in [0.1, 0.15) is 12.5 Å². The van der Waals surface area contributed by atoms with Gasteiger partial charge in [-0.25, -0.2) is 0 Å². The number of thiocarbonyl (C=S) groups is 1. The molecule has 0 aliphatic heterocycles.